The monoisotopic (exact) mass is 191 g/mol. The summed E-state index contributed by atoms with van der Waals surface area (Å²) >= 11 is 1.46. The molecule has 0 saturated heterocycles. The van der Waals surface area contributed by atoms with Gasteiger partial charge in [-0.15, -0.1) is 0 Å². The number of aromatic nitrogens is 2. The highest BCUT2D eigenvalue weighted by Crippen LogP contribution is 2.16. The molecule has 1 aromatic carbocycles. The topological polar surface area (TPSA) is 40.7 Å². The van der Waals surface area contributed by atoms with E-state index in [1.807, 2.05) is 30.3 Å². The van der Waals surface area contributed by atoms with Crippen molar-refractivity contribution >= 4 is 17.6 Å². The predicted molar refractivity (Wildman–Crippen MR) is 54.5 cm³/mol. The third-order valence-electron chi connectivity index (χ3n) is 1.51. The Balaban J connectivity index is 1.94. The molecular weight excluding hydrogens is 182 g/mol. The van der Waals surface area contributed by atoms with E-state index in [0.29, 0.717) is 0 Å². The minimum atomic E-state index is 0.865. The third kappa shape index (κ3) is 2.26. The molecule has 0 fully saturated rings. The average Bonchev–Trinajstić information content (AvgIpc) is 2.69. The van der Waals surface area contributed by atoms with Crippen LogP contribution in [0.5, 0.6) is 0 Å². The predicted octanol–water partition coefficient (Wildman–Crippen LogP) is 2.53. The second-order valence-electron chi connectivity index (χ2n) is 2.46. The zero-order valence-corrected chi connectivity index (χ0v) is 7.71. The molecule has 2 aromatic rings. The molecule has 2 rings (SSSR count). The van der Waals surface area contributed by atoms with Crippen LogP contribution in [0.4, 0.5) is 5.69 Å². The summed E-state index contributed by atoms with van der Waals surface area (Å²) in [6.45, 7) is 0. The van der Waals surface area contributed by atoms with Crippen LogP contribution in [-0.4, -0.2) is 9.97 Å². The van der Waals surface area contributed by atoms with Crippen LogP contribution in [0.15, 0.2) is 47.9 Å². The summed E-state index contributed by atoms with van der Waals surface area (Å²) in [6, 6.07) is 9.99. The molecule has 0 amide bonds. The molecule has 66 valence electrons. The molecule has 0 aliphatic carbocycles. The highest BCUT2D eigenvalue weighted by Gasteiger charge is 1.94. The number of H-pyrrole nitrogens is 1. The van der Waals surface area contributed by atoms with Gasteiger partial charge in [0.1, 0.15) is 0 Å². The average molecular weight is 191 g/mol. The summed E-state index contributed by atoms with van der Waals surface area (Å²) in [7, 11) is 0. The highest BCUT2D eigenvalue weighted by molar-refractivity contribution is 8.00. The SMILES string of the molecule is c1ccc(NSc2ncc[nH]2)cc1. The van der Waals surface area contributed by atoms with E-state index in [2.05, 4.69) is 14.7 Å². The fourth-order valence-electron chi connectivity index (χ4n) is 0.920. The smallest absolute Gasteiger partial charge is 0.186 e. The molecule has 3 nitrogen and oxygen atoms in total. The van der Waals surface area contributed by atoms with Gasteiger partial charge in [-0.25, -0.2) is 4.98 Å². The fourth-order valence-corrected chi connectivity index (χ4v) is 1.51. The first-order chi connectivity index (χ1) is 6.45. The molecule has 2 N–H and O–H groups in total. The summed E-state index contributed by atoms with van der Waals surface area (Å²) in [5.41, 5.74) is 1.07. The van der Waals surface area contributed by atoms with Gasteiger partial charge in [-0.05, 0) is 12.1 Å². The molecule has 0 saturated carbocycles. The number of imidazole rings is 1. The Kier molecular flexibility index (Phi) is 2.52. The zero-order valence-electron chi connectivity index (χ0n) is 6.90. The Labute approximate surface area is 80.7 Å². The van der Waals surface area contributed by atoms with Gasteiger partial charge < -0.3 is 9.71 Å². The molecule has 0 aliphatic heterocycles. The van der Waals surface area contributed by atoms with Crippen LogP contribution in [0.3, 0.4) is 0 Å². The summed E-state index contributed by atoms with van der Waals surface area (Å²) in [5.74, 6) is 0. The molecule has 0 spiro atoms. The summed E-state index contributed by atoms with van der Waals surface area (Å²) in [6.07, 6.45) is 3.53. The van der Waals surface area contributed by atoms with Crippen LogP contribution in [0, 0.1) is 0 Å². The molecule has 0 bridgehead atoms. The number of anilines is 1. The van der Waals surface area contributed by atoms with Gasteiger partial charge in [0.05, 0.1) is 0 Å². The molecule has 1 aromatic heterocycles. The first-order valence-corrected chi connectivity index (χ1v) is 4.74. The van der Waals surface area contributed by atoms with Gasteiger partial charge in [0.15, 0.2) is 5.16 Å². The first kappa shape index (κ1) is 8.19. The van der Waals surface area contributed by atoms with Crippen LogP contribution in [0.25, 0.3) is 0 Å². The van der Waals surface area contributed by atoms with Crippen molar-refractivity contribution in [1.29, 1.82) is 0 Å². The number of nitrogens with zero attached hydrogens (tertiary/aromatic N) is 1. The number of para-hydroxylation sites is 1. The quantitative estimate of drug-likeness (QED) is 0.732. The van der Waals surface area contributed by atoms with E-state index in [0.717, 1.165) is 10.8 Å². The Morgan fingerprint density at radius 3 is 2.77 bits per heavy atom. The zero-order chi connectivity index (χ0) is 8.93. The Hall–Kier alpha value is -1.42. The molecule has 0 atom stereocenters. The lowest BCUT2D eigenvalue weighted by Gasteiger charge is -2.01. The van der Waals surface area contributed by atoms with Crippen molar-refractivity contribution < 1.29 is 0 Å². The van der Waals surface area contributed by atoms with E-state index in [1.165, 1.54) is 11.9 Å². The maximum Gasteiger partial charge on any atom is 0.186 e. The third-order valence-corrected chi connectivity index (χ3v) is 2.27. The van der Waals surface area contributed by atoms with Crippen LogP contribution in [0.1, 0.15) is 0 Å². The van der Waals surface area contributed by atoms with Crippen LogP contribution in [-0.2, 0) is 0 Å². The Bertz CT molecular complexity index is 344. The van der Waals surface area contributed by atoms with Gasteiger partial charge in [0.25, 0.3) is 0 Å². The van der Waals surface area contributed by atoms with E-state index in [-0.39, 0.29) is 0 Å². The van der Waals surface area contributed by atoms with E-state index in [9.17, 15) is 0 Å². The summed E-state index contributed by atoms with van der Waals surface area (Å²) in [4.78, 5) is 7.07. The number of aromatic amines is 1. The molecule has 0 radical (unpaired) electrons. The van der Waals surface area contributed by atoms with E-state index < -0.39 is 0 Å². The largest absolute Gasteiger partial charge is 0.338 e. The maximum absolute atomic E-state index is 4.08. The van der Waals surface area contributed by atoms with Crippen molar-refractivity contribution in [2.75, 3.05) is 4.72 Å². The van der Waals surface area contributed by atoms with Crippen LogP contribution in [0.2, 0.25) is 0 Å². The van der Waals surface area contributed by atoms with Crippen molar-refractivity contribution in [1.82, 2.24) is 9.97 Å². The lowest BCUT2D eigenvalue weighted by molar-refractivity contribution is 1.06. The van der Waals surface area contributed by atoms with Crippen molar-refractivity contribution in [3.63, 3.8) is 0 Å². The number of rotatable bonds is 3. The second-order valence-corrected chi connectivity index (χ2v) is 3.26. The minimum absolute atomic E-state index is 0.865. The van der Waals surface area contributed by atoms with E-state index >= 15 is 0 Å². The number of benzene rings is 1. The highest BCUT2D eigenvalue weighted by atomic mass is 32.2. The van der Waals surface area contributed by atoms with Gasteiger partial charge in [-0.2, -0.15) is 0 Å². The van der Waals surface area contributed by atoms with Crippen LogP contribution >= 0.6 is 11.9 Å². The minimum Gasteiger partial charge on any atom is -0.338 e. The van der Waals surface area contributed by atoms with E-state index in [4.69, 9.17) is 0 Å². The molecule has 4 heteroatoms. The molecule has 0 unspecified atom stereocenters. The standard InChI is InChI=1S/C9H9N3S/c1-2-4-8(5-3-1)12-13-9-10-6-7-11-9/h1-7,12H,(H,10,11). The van der Waals surface area contributed by atoms with Crippen molar-refractivity contribution in [2.45, 2.75) is 5.16 Å². The van der Waals surface area contributed by atoms with Crippen molar-refractivity contribution in [3.05, 3.63) is 42.7 Å². The van der Waals surface area contributed by atoms with Gasteiger partial charge in [0, 0.05) is 30.0 Å². The molecule has 13 heavy (non-hydrogen) atoms. The van der Waals surface area contributed by atoms with Gasteiger partial charge >= 0.3 is 0 Å². The molecular formula is C9H9N3S. The van der Waals surface area contributed by atoms with Crippen molar-refractivity contribution in [2.24, 2.45) is 0 Å². The lowest BCUT2D eigenvalue weighted by Crippen LogP contribution is -1.86. The first-order valence-electron chi connectivity index (χ1n) is 3.92. The number of nitrogens with one attached hydrogen (secondary N) is 2. The fraction of sp³-hybridized carbons (Fsp3) is 0. The summed E-state index contributed by atoms with van der Waals surface area (Å²) < 4.78 is 3.17. The van der Waals surface area contributed by atoms with E-state index in [1.54, 1.807) is 12.4 Å². The normalized spacial score (nSPS) is 9.85. The maximum atomic E-state index is 4.08. The Morgan fingerprint density at radius 1 is 1.23 bits per heavy atom. The number of hydrogen-bond acceptors (Lipinski definition) is 3. The lowest BCUT2D eigenvalue weighted by atomic mass is 10.3. The Morgan fingerprint density at radius 2 is 2.08 bits per heavy atom. The number of hydrogen-bond donors (Lipinski definition) is 2. The second kappa shape index (κ2) is 4.00. The van der Waals surface area contributed by atoms with Gasteiger partial charge in [-0.1, -0.05) is 18.2 Å². The summed E-state index contributed by atoms with van der Waals surface area (Å²) in [5, 5.41) is 0.865. The van der Waals surface area contributed by atoms with Gasteiger partial charge in [0.2, 0.25) is 0 Å². The molecule has 1 heterocycles. The molecule has 0 aliphatic rings. The van der Waals surface area contributed by atoms with Crippen molar-refractivity contribution in [3.8, 4) is 0 Å². The van der Waals surface area contributed by atoms with Crippen LogP contribution < -0.4 is 4.72 Å². The van der Waals surface area contributed by atoms with Gasteiger partial charge in [-0.3, -0.25) is 0 Å².